The number of methoxy groups -OCH3 is 3. The van der Waals surface area contributed by atoms with Crippen molar-refractivity contribution in [3.05, 3.63) is 39.8 Å². The van der Waals surface area contributed by atoms with E-state index in [1.165, 1.54) is 41.0 Å². The van der Waals surface area contributed by atoms with Gasteiger partial charge in [-0.05, 0) is 60.8 Å². The Morgan fingerprint density at radius 1 is 1.12 bits per heavy atom. The fourth-order valence-corrected chi connectivity index (χ4v) is 6.33. The highest BCUT2D eigenvalue weighted by Crippen LogP contribution is 2.54. The first-order chi connectivity index (χ1) is 15.0. The third-order valence-electron chi connectivity index (χ3n) is 6.78. The van der Waals surface area contributed by atoms with Crippen LogP contribution in [0.25, 0.3) is 0 Å². The second-order valence-electron chi connectivity index (χ2n) is 10.0. The van der Waals surface area contributed by atoms with Gasteiger partial charge < -0.3 is 19.1 Å². The summed E-state index contributed by atoms with van der Waals surface area (Å²) in [6.45, 7) is 14.5. The standard InChI is InChI=1S/C26H37NO4S/c1-16(29-7)15-27(18-10-11-19(24(28)31-9)20(14-18)30-8)23-17(2)21-22(32-23)26(5,6)13-12-25(21,3)4/h10-11,14,16H,12-13,15H2,1-9H3. The third-order valence-corrected chi connectivity index (χ3v) is 8.46. The molecule has 3 rings (SSSR count). The lowest BCUT2D eigenvalue weighted by molar-refractivity contribution is 0.0597. The summed E-state index contributed by atoms with van der Waals surface area (Å²) >= 11 is 1.89. The van der Waals surface area contributed by atoms with Crippen LogP contribution in [0.4, 0.5) is 10.7 Å². The Morgan fingerprint density at radius 2 is 1.78 bits per heavy atom. The summed E-state index contributed by atoms with van der Waals surface area (Å²) in [6.07, 6.45) is 2.39. The average Bonchev–Trinajstić information content (AvgIpc) is 3.13. The first-order valence-corrected chi connectivity index (χ1v) is 12.0. The van der Waals surface area contributed by atoms with E-state index in [1.54, 1.807) is 20.3 Å². The molecule has 0 amide bonds. The summed E-state index contributed by atoms with van der Waals surface area (Å²) in [6, 6.07) is 5.66. The number of carbonyl (C=O) groups excluding carboxylic acids is 1. The van der Waals surface area contributed by atoms with Gasteiger partial charge in [0.1, 0.15) is 11.3 Å². The van der Waals surface area contributed by atoms with Crippen molar-refractivity contribution >= 4 is 28.0 Å². The maximum Gasteiger partial charge on any atom is 0.341 e. The molecule has 1 atom stereocenters. The van der Waals surface area contributed by atoms with Crippen molar-refractivity contribution in [1.29, 1.82) is 0 Å². The van der Waals surface area contributed by atoms with Crippen molar-refractivity contribution in [2.45, 2.75) is 71.3 Å². The van der Waals surface area contributed by atoms with Crippen molar-refractivity contribution in [2.75, 3.05) is 32.8 Å². The molecule has 0 spiro atoms. The van der Waals surface area contributed by atoms with Crippen molar-refractivity contribution < 1.29 is 19.0 Å². The van der Waals surface area contributed by atoms with Crippen LogP contribution in [0.15, 0.2) is 18.2 Å². The molecule has 1 aromatic heterocycles. The Balaban J connectivity index is 2.19. The number of ether oxygens (including phenoxy) is 3. The molecule has 176 valence electrons. The molecule has 0 aliphatic heterocycles. The first-order valence-electron chi connectivity index (χ1n) is 11.2. The number of carbonyl (C=O) groups is 1. The van der Waals surface area contributed by atoms with Crippen molar-refractivity contribution in [3.63, 3.8) is 0 Å². The molecule has 32 heavy (non-hydrogen) atoms. The number of benzene rings is 1. The van der Waals surface area contributed by atoms with Gasteiger partial charge in [-0.1, -0.05) is 27.7 Å². The Kier molecular flexibility index (Phi) is 6.97. The highest BCUT2D eigenvalue weighted by atomic mass is 32.1. The van der Waals surface area contributed by atoms with Crippen LogP contribution < -0.4 is 9.64 Å². The first kappa shape index (κ1) is 24.6. The maximum absolute atomic E-state index is 12.2. The zero-order valence-electron chi connectivity index (χ0n) is 20.9. The van der Waals surface area contributed by atoms with Gasteiger partial charge in [-0.25, -0.2) is 4.79 Å². The van der Waals surface area contributed by atoms with Crippen LogP contribution in [0.1, 0.15) is 73.8 Å². The molecule has 1 aromatic carbocycles. The van der Waals surface area contributed by atoms with Crippen LogP contribution in [-0.4, -0.2) is 39.9 Å². The number of hydrogen-bond donors (Lipinski definition) is 0. The minimum atomic E-state index is -0.406. The predicted molar refractivity (Wildman–Crippen MR) is 132 cm³/mol. The van der Waals surface area contributed by atoms with Crippen LogP contribution in [-0.2, 0) is 20.3 Å². The van der Waals surface area contributed by atoms with E-state index in [4.69, 9.17) is 14.2 Å². The third kappa shape index (κ3) is 4.40. The minimum absolute atomic E-state index is 0.0285. The van der Waals surface area contributed by atoms with Gasteiger partial charge in [-0.3, -0.25) is 0 Å². The molecule has 2 aromatic rings. The van der Waals surface area contributed by atoms with Crippen LogP contribution in [0.2, 0.25) is 0 Å². The Labute approximate surface area is 196 Å². The Bertz CT molecular complexity index is 992. The number of fused-ring (bicyclic) bond motifs is 1. The zero-order chi connectivity index (χ0) is 23.8. The maximum atomic E-state index is 12.2. The number of rotatable bonds is 7. The quantitative estimate of drug-likeness (QED) is 0.450. The molecule has 6 heteroatoms. The van der Waals surface area contributed by atoms with Crippen LogP contribution >= 0.6 is 11.3 Å². The fourth-order valence-electron chi connectivity index (χ4n) is 4.68. The lowest BCUT2D eigenvalue weighted by Crippen LogP contribution is -2.32. The molecule has 0 saturated carbocycles. The molecule has 0 N–H and O–H groups in total. The van der Waals surface area contributed by atoms with E-state index in [0.29, 0.717) is 17.9 Å². The molecule has 0 fully saturated rings. The number of anilines is 2. The van der Waals surface area contributed by atoms with Crippen molar-refractivity contribution in [3.8, 4) is 5.75 Å². The van der Waals surface area contributed by atoms with Crippen LogP contribution in [0.3, 0.4) is 0 Å². The number of nitrogens with zero attached hydrogens (tertiary/aromatic N) is 1. The summed E-state index contributed by atoms with van der Waals surface area (Å²) in [5, 5.41) is 1.23. The number of esters is 1. The van der Waals surface area contributed by atoms with Crippen molar-refractivity contribution in [2.24, 2.45) is 0 Å². The number of hydrogen-bond acceptors (Lipinski definition) is 6. The molecule has 1 aliphatic rings. The van der Waals surface area contributed by atoms with E-state index in [0.717, 1.165) is 5.69 Å². The highest BCUT2D eigenvalue weighted by Gasteiger charge is 2.41. The second-order valence-corrected chi connectivity index (χ2v) is 11.0. The van der Waals surface area contributed by atoms with E-state index in [1.807, 2.05) is 23.5 Å². The van der Waals surface area contributed by atoms with Crippen molar-refractivity contribution in [1.82, 2.24) is 0 Å². The van der Waals surface area contributed by atoms with E-state index in [-0.39, 0.29) is 16.9 Å². The number of thiophene rings is 1. The molecule has 5 nitrogen and oxygen atoms in total. The summed E-state index contributed by atoms with van der Waals surface area (Å²) in [5.74, 6) is 0.0977. The molecule has 0 saturated heterocycles. The van der Waals surface area contributed by atoms with Crippen LogP contribution in [0, 0.1) is 6.92 Å². The largest absolute Gasteiger partial charge is 0.496 e. The average molecular weight is 460 g/mol. The van der Waals surface area contributed by atoms with Crippen LogP contribution in [0.5, 0.6) is 5.75 Å². The van der Waals surface area contributed by atoms with E-state index in [2.05, 4.69) is 46.4 Å². The lowest BCUT2D eigenvalue weighted by Gasteiger charge is -2.39. The van der Waals surface area contributed by atoms with Gasteiger partial charge in [0.05, 0.1) is 25.3 Å². The Morgan fingerprint density at radius 3 is 2.34 bits per heavy atom. The van der Waals surface area contributed by atoms with E-state index < -0.39 is 5.97 Å². The highest BCUT2D eigenvalue weighted by molar-refractivity contribution is 7.16. The fraction of sp³-hybridized carbons (Fsp3) is 0.577. The molecular weight excluding hydrogens is 422 g/mol. The van der Waals surface area contributed by atoms with Gasteiger partial charge >= 0.3 is 5.97 Å². The van der Waals surface area contributed by atoms with Gasteiger partial charge in [0, 0.05) is 30.3 Å². The van der Waals surface area contributed by atoms with Gasteiger partial charge in [0.25, 0.3) is 0 Å². The summed E-state index contributed by atoms with van der Waals surface area (Å²) in [7, 11) is 4.70. The van der Waals surface area contributed by atoms with Gasteiger partial charge in [0.2, 0.25) is 0 Å². The summed E-state index contributed by atoms with van der Waals surface area (Å²) in [4.78, 5) is 16.0. The van der Waals surface area contributed by atoms with Gasteiger partial charge in [-0.2, -0.15) is 0 Å². The van der Waals surface area contributed by atoms with Gasteiger partial charge in [-0.15, -0.1) is 11.3 Å². The van der Waals surface area contributed by atoms with Gasteiger partial charge in [0.15, 0.2) is 0 Å². The molecule has 1 heterocycles. The summed E-state index contributed by atoms with van der Waals surface area (Å²) in [5.41, 5.74) is 4.51. The summed E-state index contributed by atoms with van der Waals surface area (Å²) < 4.78 is 16.1. The van der Waals surface area contributed by atoms with E-state index in [9.17, 15) is 4.79 Å². The molecule has 1 aliphatic carbocycles. The molecular formula is C26H37NO4S. The smallest absolute Gasteiger partial charge is 0.341 e. The Hall–Kier alpha value is -2.05. The zero-order valence-corrected chi connectivity index (χ0v) is 21.7. The monoisotopic (exact) mass is 459 g/mol. The second kappa shape index (κ2) is 9.06. The molecule has 0 radical (unpaired) electrons. The van der Waals surface area contributed by atoms with E-state index >= 15 is 0 Å². The SMILES string of the molecule is COC(=O)c1ccc(N(CC(C)OC)c2sc3c(c2C)C(C)(C)CCC3(C)C)cc1OC. The molecule has 0 bridgehead atoms. The molecule has 1 unspecified atom stereocenters. The minimum Gasteiger partial charge on any atom is -0.496 e. The normalized spacial score (nSPS) is 17.4. The lowest BCUT2D eigenvalue weighted by atomic mass is 9.66. The topological polar surface area (TPSA) is 48.0 Å². The predicted octanol–water partition coefficient (Wildman–Crippen LogP) is 6.37.